The second kappa shape index (κ2) is 6.31. The zero-order valence-corrected chi connectivity index (χ0v) is 14.4. The topological polar surface area (TPSA) is 27.7 Å². The quantitative estimate of drug-likeness (QED) is 0.663. The minimum atomic E-state index is -1.50. The summed E-state index contributed by atoms with van der Waals surface area (Å²) < 4.78 is 16.9. The van der Waals surface area contributed by atoms with Gasteiger partial charge in [-0.3, -0.25) is 0 Å². The third-order valence-electron chi connectivity index (χ3n) is 2.09. The molecule has 0 fully saturated rings. The van der Waals surface area contributed by atoms with E-state index in [4.69, 9.17) is 13.0 Å². The zero-order chi connectivity index (χ0) is 12.1. The summed E-state index contributed by atoms with van der Waals surface area (Å²) in [5, 5.41) is 0. The van der Waals surface area contributed by atoms with E-state index in [1.54, 1.807) is 14.2 Å². The molecule has 0 saturated carbocycles. The van der Waals surface area contributed by atoms with E-state index < -0.39 is 25.9 Å². The van der Waals surface area contributed by atoms with Gasteiger partial charge in [-0.2, -0.15) is 0 Å². The second-order valence-electron chi connectivity index (χ2n) is 5.41. The van der Waals surface area contributed by atoms with Crippen LogP contribution >= 0.6 is 0 Å². The summed E-state index contributed by atoms with van der Waals surface area (Å²) in [5.74, 6) is 0. The van der Waals surface area contributed by atoms with Crippen LogP contribution in [0.1, 0.15) is 0 Å². The van der Waals surface area contributed by atoms with Crippen molar-refractivity contribution in [3.05, 3.63) is 0 Å². The summed E-state index contributed by atoms with van der Waals surface area (Å²) in [5.41, 5.74) is 0. The van der Waals surface area contributed by atoms with Crippen molar-refractivity contribution in [3.63, 3.8) is 0 Å². The molecule has 0 aromatic carbocycles. The monoisotopic (exact) mass is 266 g/mol. The Morgan fingerprint density at radius 1 is 0.933 bits per heavy atom. The van der Waals surface area contributed by atoms with Gasteiger partial charge in [0.15, 0.2) is 16.6 Å². The van der Waals surface area contributed by atoms with Crippen molar-refractivity contribution in [3.8, 4) is 0 Å². The summed E-state index contributed by atoms with van der Waals surface area (Å²) in [7, 11) is -0.788. The number of hydrogen-bond donors (Lipinski definition) is 0. The Bertz CT molecular complexity index is 176. The lowest BCUT2D eigenvalue weighted by atomic mass is 10.9. The van der Waals surface area contributed by atoms with E-state index in [0.717, 1.165) is 12.1 Å². The van der Waals surface area contributed by atoms with E-state index in [2.05, 4.69) is 32.7 Å². The molecule has 6 heteroatoms. The predicted molar refractivity (Wildman–Crippen MR) is 72.7 cm³/mol. The summed E-state index contributed by atoms with van der Waals surface area (Å²) in [6, 6.07) is 2.21. The normalized spacial score (nSPS) is 13.6. The van der Waals surface area contributed by atoms with Crippen molar-refractivity contribution in [2.24, 2.45) is 0 Å². The molecule has 0 aromatic heterocycles. The van der Waals surface area contributed by atoms with Crippen LogP contribution in [0, 0.1) is 0 Å². The molecule has 0 saturated heterocycles. The van der Waals surface area contributed by atoms with Gasteiger partial charge in [0.25, 0.3) is 0 Å². The third kappa shape index (κ3) is 8.35. The molecule has 0 radical (unpaired) electrons. The molecule has 0 bridgehead atoms. The molecule has 0 heterocycles. The maximum absolute atomic E-state index is 6.25. The molecule has 0 aliphatic rings. The van der Waals surface area contributed by atoms with Crippen LogP contribution in [0.15, 0.2) is 0 Å². The highest BCUT2D eigenvalue weighted by Crippen LogP contribution is 2.21. The van der Waals surface area contributed by atoms with E-state index in [0.29, 0.717) is 0 Å². The van der Waals surface area contributed by atoms with Gasteiger partial charge < -0.3 is 13.0 Å². The first kappa shape index (κ1) is 15.5. The molecule has 3 nitrogen and oxygen atoms in total. The molecule has 0 aliphatic carbocycles. The predicted octanol–water partition coefficient (Wildman–Crippen LogP) is 2.56. The molecule has 0 atom stereocenters. The molecule has 0 N–H and O–H groups in total. The Balaban J connectivity index is 4.03. The summed E-state index contributed by atoms with van der Waals surface area (Å²) in [6.45, 7) is 11.3. The maximum Gasteiger partial charge on any atom is 0.320 e. The second-order valence-corrected chi connectivity index (χ2v) is 16.9. The van der Waals surface area contributed by atoms with Gasteiger partial charge in [-0.15, -0.1) is 0 Å². The van der Waals surface area contributed by atoms with Gasteiger partial charge in [-0.05, 0) is 44.8 Å². The molecule has 15 heavy (non-hydrogen) atoms. The first-order valence-electron chi connectivity index (χ1n) is 5.46. The lowest BCUT2D eigenvalue weighted by molar-refractivity contribution is 0.278. The standard InChI is InChI=1S/C9H26O3Si3/c1-10-13(11-2)8-9-15(6,7)12-14(3,4)5/h13H,8-9H2,1-7H3. The van der Waals surface area contributed by atoms with Gasteiger partial charge in [0.1, 0.15) is 0 Å². The van der Waals surface area contributed by atoms with Crippen molar-refractivity contribution in [1.82, 2.24) is 0 Å². The van der Waals surface area contributed by atoms with Crippen molar-refractivity contribution in [2.75, 3.05) is 14.2 Å². The fraction of sp³-hybridized carbons (Fsp3) is 1.00. The average molecular weight is 267 g/mol. The molecule has 0 amide bonds. The molecule has 0 aliphatic heterocycles. The Morgan fingerprint density at radius 2 is 1.40 bits per heavy atom. The molecular weight excluding hydrogens is 240 g/mol. The smallest absolute Gasteiger partial charge is 0.320 e. The minimum absolute atomic E-state index is 1.07. The molecule has 0 spiro atoms. The fourth-order valence-corrected chi connectivity index (χ4v) is 13.1. The largest absolute Gasteiger partial charge is 0.456 e. The summed E-state index contributed by atoms with van der Waals surface area (Å²) in [6.07, 6.45) is 0. The van der Waals surface area contributed by atoms with Gasteiger partial charge >= 0.3 is 9.28 Å². The number of rotatable bonds is 7. The Labute approximate surface area is 98.2 Å². The van der Waals surface area contributed by atoms with Crippen molar-refractivity contribution >= 4 is 25.9 Å². The van der Waals surface area contributed by atoms with Crippen LogP contribution in [0.3, 0.4) is 0 Å². The van der Waals surface area contributed by atoms with Gasteiger partial charge in [-0.1, -0.05) is 0 Å². The highest BCUT2D eigenvalue weighted by Gasteiger charge is 2.30. The Kier molecular flexibility index (Phi) is 6.53. The molecule has 0 rings (SSSR count). The molecule has 0 unspecified atom stereocenters. The summed E-state index contributed by atoms with van der Waals surface area (Å²) >= 11 is 0. The van der Waals surface area contributed by atoms with Crippen LogP contribution in [-0.4, -0.2) is 40.1 Å². The minimum Gasteiger partial charge on any atom is -0.456 e. The Morgan fingerprint density at radius 3 is 1.73 bits per heavy atom. The van der Waals surface area contributed by atoms with Crippen molar-refractivity contribution < 1.29 is 13.0 Å². The van der Waals surface area contributed by atoms with Gasteiger partial charge in [0.2, 0.25) is 0 Å². The zero-order valence-electron chi connectivity index (χ0n) is 11.2. The van der Waals surface area contributed by atoms with Crippen LogP contribution in [0.25, 0.3) is 0 Å². The first-order chi connectivity index (χ1) is 6.70. The van der Waals surface area contributed by atoms with Crippen LogP contribution in [0.4, 0.5) is 0 Å². The maximum atomic E-state index is 6.25. The van der Waals surface area contributed by atoms with Crippen LogP contribution in [0.2, 0.25) is 44.8 Å². The van der Waals surface area contributed by atoms with E-state index in [1.165, 1.54) is 0 Å². The lowest BCUT2D eigenvalue weighted by Gasteiger charge is -2.32. The highest BCUT2D eigenvalue weighted by atomic mass is 28.4. The Hall–Kier alpha value is 0.531. The fourth-order valence-electron chi connectivity index (χ4n) is 1.68. The molecule has 0 aromatic rings. The van der Waals surface area contributed by atoms with Crippen LogP contribution < -0.4 is 0 Å². The summed E-state index contributed by atoms with van der Waals surface area (Å²) in [4.78, 5) is 0. The van der Waals surface area contributed by atoms with Crippen molar-refractivity contribution in [1.29, 1.82) is 0 Å². The first-order valence-corrected chi connectivity index (χ1v) is 13.7. The van der Waals surface area contributed by atoms with E-state index in [-0.39, 0.29) is 0 Å². The third-order valence-corrected chi connectivity index (χ3v) is 10.6. The molecular formula is C9H26O3Si3. The van der Waals surface area contributed by atoms with E-state index in [1.807, 2.05) is 0 Å². The van der Waals surface area contributed by atoms with Crippen LogP contribution in [-0.2, 0) is 13.0 Å². The lowest BCUT2D eigenvalue weighted by Crippen LogP contribution is -2.42. The average Bonchev–Trinajstić information content (AvgIpc) is 2.01. The SMILES string of the molecule is CO[SiH](CC[Si](C)(C)O[Si](C)(C)C)OC. The molecule has 92 valence electrons. The van der Waals surface area contributed by atoms with Gasteiger partial charge in [0.05, 0.1) is 0 Å². The van der Waals surface area contributed by atoms with E-state index >= 15 is 0 Å². The number of hydrogen-bond acceptors (Lipinski definition) is 3. The van der Waals surface area contributed by atoms with Gasteiger partial charge in [-0.25, -0.2) is 0 Å². The highest BCUT2D eigenvalue weighted by molar-refractivity contribution is 6.84. The van der Waals surface area contributed by atoms with E-state index in [9.17, 15) is 0 Å². The van der Waals surface area contributed by atoms with Gasteiger partial charge in [0, 0.05) is 14.2 Å². The van der Waals surface area contributed by atoms with Crippen molar-refractivity contribution in [2.45, 2.75) is 44.8 Å². The van der Waals surface area contributed by atoms with Crippen LogP contribution in [0.5, 0.6) is 0 Å².